The number of hydrogen-bond acceptors (Lipinski definition) is 7. The van der Waals surface area contributed by atoms with Crippen LogP contribution in [-0.4, -0.2) is 47.6 Å². The van der Waals surface area contributed by atoms with Crippen molar-refractivity contribution in [3.63, 3.8) is 0 Å². The monoisotopic (exact) mass is 452 g/mol. The lowest BCUT2D eigenvalue weighted by molar-refractivity contribution is 0.0941. The number of methoxy groups -OCH3 is 2. The first-order valence-electron chi connectivity index (χ1n) is 10.3. The highest BCUT2D eigenvalue weighted by Crippen LogP contribution is 2.28. The maximum absolute atomic E-state index is 13.1. The second-order valence-electron chi connectivity index (χ2n) is 7.76. The van der Waals surface area contributed by atoms with Gasteiger partial charge in [0, 0.05) is 13.6 Å². The van der Waals surface area contributed by atoms with Crippen LogP contribution in [0.4, 0.5) is 5.82 Å². The lowest BCUT2D eigenvalue weighted by Crippen LogP contribution is -2.44. The van der Waals surface area contributed by atoms with Crippen molar-refractivity contribution < 1.29 is 14.3 Å². The summed E-state index contributed by atoms with van der Waals surface area (Å²) in [6.07, 6.45) is 0. The Kier molecular flexibility index (Phi) is 7.34. The fourth-order valence-electron chi connectivity index (χ4n) is 3.63. The van der Waals surface area contributed by atoms with E-state index in [1.807, 2.05) is 42.5 Å². The minimum Gasteiger partial charge on any atom is -0.493 e. The highest BCUT2D eigenvalue weighted by atomic mass is 16.5. The fraction of sp³-hybridized carbons (Fsp3) is 0.292. The number of aromatic nitrogens is 2. The van der Waals surface area contributed by atoms with E-state index in [-0.39, 0.29) is 24.5 Å². The van der Waals surface area contributed by atoms with Crippen LogP contribution in [-0.2, 0) is 20.1 Å². The van der Waals surface area contributed by atoms with Gasteiger partial charge in [-0.1, -0.05) is 36.4 Å². The van der Waals surface area contributed by atoms with Gasteiger partial charge in [-0.3, -0.25) is 23.6 Å². The number of nitrogen functional groups attached to an aromatic ring is 1. The highest BCUT2D eigenvalue weighted by Gasteiger charge is 2.22. The number of likely N-dealkylation sites (N-methyl/N-ethyl adjacent to an activating group) is 1. The van der Waals surface area contributed by atoms with Crippen molar-refractivity contribution in [2.24, 2.45) is 7.05 Å². The van der Waals surface area contributed by atoms with Crippen molar-refractivity contribution in [2.45, 2.75) is 13.1 Å². The fourth-order valence-corrected chi connectivity index (χ4v) is 3.63. The summed E-state index contributed by atoms with van der Waals surface area (Å²) in [5, 5.41) is 0. The number of nitrogens with zero attached hydrogens (tertiary/aromatic N) is 3. The maximum atomic E-state index is 13.1. The molecule has 0 saturated carbocycles. The smallest absolute Gasteiger partial charge is 0.332 e. The maximum Gasteiger partial charge on any atom is 0.332 e. The molecule has 0 bridgehead atoms. The van der Waals surface area contributed by atoms with Gasteiger partial charge in [-0.25, -0.2) is 4.79 Å². The van der Waals surface area contributed by atoms with Crippen molar-refractivity contribution in [1.82, 2.24) is 14.0 Å². The molecule has 0 fully saturated rings. The predicted molar refractivity (Wildman–Crippen MR) is 126 cm³/mol. The molecule has 0 radical (unpaired) electrons. The van der Waals surface area contributed by atoms with Crippen LogP contribution in [0.3, 0.4) is 0 Å². The molecule has 0 amide bonds. The molecule has 0 aliphatic carbocycles. The summed E-state index contributed by atoms with van der Waals surface area (Å²) in [5.74, 6) is 0.604. The molecule has 9 nitrogen and oxygen atoms in total. The molecular weight excluding hydrogens is 424 g/mol. The van der Waals surface area contributed by atoms with Crippen molar-refractivity contribution >= 4 is 11.6 Å². The number of anilines is 1. The number of benzene rings is 2. The molecule has 1 heterocycles. The number of rotatable bonds is 9. The zero-order valence-corrected chi connectivity index (χ0v) is 19.2. The van der Waals surface area contributed by atoms with Crippen LogP contribution < -0.4 is 26.5 Å². The molecule has 0 aliphatic rings. The molecular formula is C24H28N4O5. The van der Waals surface area contributed by atoms with E-state index in [0.29, 0.717) is 18.0 Å². The van der Waals surface area contributed by atoms with E-state index in [1.165, 1.54) is 11.6 Å². The van der Waals surface area contributed by atoms with E-state index in [4.69, 9.17) is 15.2 Å². The topological polar surface area (TPSA) is 109 Å². The molecule has 0 spiro atoms. The van der Waals surface area contributed by atoms with Gasteiger partial charge in [-0.05, 0) is 30.3 Å². The van der Waals surface area contributed by atoms with Gasteiger partial charge < -0.3 is 15.2 Å². The summed E-state index contributed by atoms with van der Waals surface area (Å²) in [5.41, 5.74) is 6.45. The number of Topliss-reactive ketones (excluding diaryl/α,β-unsaturated/α-hetero) is 1. The Morgan fingerprint density at radius 3 is 2.30 bits per heavy atom. The molecule has 3 aromatic rings. The predicted octanol–water partition coefficient (Wildman–Crippen LogP) is 1.51. The Morgan fingerprint density at radius 1 is 1.00 bits per heavy atom. The van der Waals surface area contributed by atoms with Crippen molar-refractivity contribution in [3.05, 3.63) is 86.1 Å². The van der Waals surface area contributed by atoms with E-state index in [1.54, 1.807) is 32.2 Å². The van der Waals surface area contributed by atoms with E-state index in [2.05, 4.69) is 0 Å². The summed E-state index contributed by atoms with van der Waals surface area (Å²) < 4.78 is 12.7. The minimum absolute atomic E-state index is 0.0582. The largest absolute Gasteiger partial charge is 0.493 e. The van der Waals surface area contributed by atoms with Gasteiger partial charge in [0.2, 0.25) is 0 Å². The molecule has 2 N–H and O–H groups in total. The summed E-state index contributed by atoms with van der Waals surface area (Å²) in [7, 11) is 6.22. The molecule has 174 valence electrons. The Hall–Kier alpha value is -3.85. The van der Waals surface area contributed by atoms with E-state index in [9.17, 15) is 14.4 Å². The van der Waals surface area contributed by atoms with Crippen molar-refractivity contribution in [1.29, 1.82) is 0 Å². The number of nitrogens with two attached hydrogens (primary N) is 1. The average Bonchev–Trinajstić information content (AvgIpc) is 2.81. The van der Waals surface area contributed by atoms with Crippen LogP contribution in [0.5, 0.6) is 11.5 Å². The minimum atomic E-state index is -0.702. The van der Waals surface area contributed by atoms with Crippen LogP contribution in [0.25, 0.3) is 0 Å². The van der Waals surface area contributed by atoms with E-state index < -0.39 is 17.0 Å². The number of ether oxygens (including phenoxy) is 2. The Morgan fingerprint density at radius 2 is 1.67 bits per heavy atom. The van der Waals surface area contributed by atoms with Gasteiger partial charge in [0.25, 0.3) is 5.56 Å². The van der Waals surface area contributed by atoms with Crippen LogP contribution in [0.1, 0.15) is 21.5 Å². The van der Waals surface area contributed by atoms with Gasteiger partial charge in [0.15, 0.2) is 17.3 Å². The Bertz CT molecular complexity index is 1260. The zero-order valence-electron chi connectivity index (χ0n) is 19.2. The standard InChI is InChI=1S/C24H28N4O5/c1-26(13-17-10-11-19(32-3)20(12-17)33-4)15-18(29)21-22(25)28(24(31)27(2)23(21)30)14-16-8-6-5-7-9-16/h5-12H,13-15,25H2,1-4H3. The van der Waals surface area contributed by atoms with Gasteiger partial charge in [-0.15, -0.1) is 0 Å². The molecule has 0 aliphatic heterocycles. The first-order chi connectivity index (χ1) is 15.8. The van der Waals surface area contributed by atoms with Crippen molar-refractivity contribution in [3.8, 4) is 11.5 Å². The van der Waals surface area contributed by atoms with Crippen LogP contribution in [0.2, 0.25) is 0 Å². The molecule has 33 heavy (non-hydrogen) atoms. The van der Waals surface area contributed by atoms with Gasteiger partial charge in [0.05, 0.1) is 27.3 Å². The quantitative estimate of drug-likeness (QED) is 0.490. The second-order valence-corrected chi connectivity index (χ2v) is 7.76. The molecule has 0 atom stereocenters. The van der Waals surface area contributed by atoms with Crippen LogP contribution >= 0.6 is 0 Å². The molecule has 9 heteroatoms. The third kappa shape index (κ3) is 5.15. The molecule has 2 aromatic carbocycles. The third-order valence-corrected chi connectivity index (χ3v) is 5.36. The van der Waals surface area contributed by atoms with E-state index >= 15 is 0 Å². The third-order valence-electron chi connectivity index (χ3n) is 5.36. The van der Waals surface area contributed by atoms with Crippen LogP contribution in [0, 0.1) is 0 Å². The van der Waals surface area contributed by atoms with Gasteiger partial charge in [0.1, 0.15) is 11.4 Å². The zero-order chi connectivity index (χ0) is 24.1. The lowest BCUT2D eigenvalue weighted by Gasteiger charge is -2.19. The highest BCUT2D eigenvalue weighted by molar-refractivity contribution is 6.01. The summed E-state index contributed by atoms with van der Waals surface area (Å²) >= 11 is 0. The number of hydrogen-bond donors (Lipinski definition) is 1. The summed E-state index contributed by atoms with van der Waals surface area (Å²) in [6, 6.07) is 14.7. The Balaban J connectivity index is 1.86. The SMILES string of the molecule is COc1ccc(CN(C)CC(=O)c2c(N)n(Cc3ccccc3)c(=O)n(C)c2=O)cc1OC. The van der Waals surface area contributed by atoms with E-state index in [0.717, 1.165) is 15.7 Å². The normalized spacial score (nSPS) is 10.9. The van der Waals surface area contributed by atoms with Crippen LogP contribution in [0.15, 0.2) is 58.1 Å². The second kappa shape index (κ2) is 10.2. The first-order valence-corrected chi connectivity index (χ1v) is 10.3. The molecule has 1 aromatic heterocycles. The molecule has 0 saturated heterocycles. The first kappa shape index (κ1) is 23.8. The summed E-state index contributed by atoms with van der Waals surface area (Å²) in [4.78, 5) is 40.3. The number of carbonyl (C=O) groups excluding carboxylic acids is 1. The number of carbonyl (C=O) groups is 1. The van der Waals surface area contributed by atoms with Gasteiger partial charge in [-0.2, -0.15) is 0 Å². The Labute approximate surface area is 191 Å². The molecule has 0 unspecified atom stereocenters. The average molecular weight is 453 g/mol. The summed E-state index contributed by atoms with van der Waals surface area (Å²) in [6.45, 7) is 0.523. The van der Waals surface area contributed by atoms with Gasteiger partial charge >= 0.3 is 5.69 Å². The number of ketones is 1. The van der Waals surface area contributed by atoms with Crippen molar-refractivity contribution in [2.75, 3.05) is 33.5 Å². The lowest BCUT2D eigenvalue weighted by atomic mass is 10.1. The molecule has 3 rings (SSSR count).